The van der Waals surface area contributed by atoms with Gasteiger partial charge in [0.25, 0.3) is 5.56 Å². The van der Waals surface area contributed by atoms with Crippen molar-refractivity contribution < 1.29 is 5.11 Å². The van der Waals surface area contributed by atoms with Crippen LogP contribution in [-0.4, -0.2) is 9.67 Å². The number of rotatable bonds is 4. The molecule has 1 aromatic heterocycles. The van der Waals surface area contributed by atoms with Gasteiger partial charge in [0.1, 0.15) is 11.6 Å². The molecule has 0 fully saturated rings. The van der Waals surface area contributed by atoms with Gasteiger partial charge in [0.2, 0.25) is 5.88 Å². The second-order valence-electron chi connectivity index (χ2n) is 5.32. The van der Waals surface area contributed by atoms with Crippen LogP contribution in [0, 0.1) is 25.2 Å². The summed E-state index contributed by atoms with van der Waals surface area (Å²) in [6.45, 7) is 5.53. The quantitative estimate of drug-likeness (QED) is 0.826. The fraction of sp³-hybridized carbons (Fsp3) is 0.294. The number of azo groups is 1. The van der Waals surface area contributed by atoms with Crippen LogP contribution in [-0.2, 0) is 6.54 Å². The van der Waals surface area contributed by atoms with Crippen molar-refractivity contribution in [2.75, 3.05) is 0 Å². The Morgan fingerprint density at radius 2 is 2.00 bits per heavy atom. The summed E-state index contributed by atoms with van der Waals surface area (Å²) < 4.78 is 1.14. The predicted octanol–water partition coefficient (Wildman–Crippen LogP) is 4.52. The van der Waals surface area contributed by atoms with Gasteiger partial charge in [-0.1, -0.05) is 24.6 Å². The molecule has 0 amide bonds. The number of pyridine rings is 1. The zero-order valence-electron chi connectivity index (χ0n) is 13.7. The first-order chi connectivity index (χ1) is 11.4. The minimum absolute atomic E-state index is 0.0276. The van der Waals surface area contributed by atoms with E-state index in [4.69, 9.17) is 11.6 Å². The highest BCUT2D eigenvalue weighted by molar-refractivity contribution is 6.31. The van der Waals surface area contributed by atoms with E-state index in [2.05, 4.69) is 10.2 Å². The van der Waals surface area contributed by atoms with Gasteiger partial charge in [0.05, 0.1) is 5.69 Å². The summed E-state index contributed by atoms with van der Waals surface area (Å²) in [6, 6.07) is 7.13. The number of aromatic hydroxyl groups is 1. The van der Waals surface area contributed by atoms with E-state index in [1.54, 1.807) is 32.0 Å². The molecule has 0 bridgehead atoms. The van der Waals surface area contributed by atoms with E-state index < -0.39 is 5.56 Å². The average Bonchev–Trinajstić information content (AvgIpc) is 2.55. The number of hydrogen-bond acceptors (Lipinski definition) is 5. The topological polar surface area (TPSA) is 90.7 Å². The molecule has 2 rings (SSSR count). The number of nitrogens with zero attached hydrogens (tertiary/aromatic N) is 4. The molecular formula is C17H17ClN4O2. The van der Waals surface area contributed by atoms with Crippen LogP contribution in [0.3, 0.4) is 0 Å². The van der Waals surface area contributed by atoms with Crippen molar-refractivity contribution in [3.63, 3.8) is 0 Å². The van der Waals surface area contributed by atoms with Crippen LogP contribution in [0.25, 0.3) is 0 Å². The number of nitriles is 1. The third-order valence-corrected chi connectivity index (χ3v) is 4.12. The van der Waals surface area contributed by atoms with Crippen LogP contribution in [0.5, 0.6) is 5.88 Å². The molecule has 0 saturated carbocycles. The van der Waals surface area contributed by atoms with Crippen molar-refractivity contribution in [1.29, 1.82) is 5.26 Å². The highest BCUT2D eigenvalue weighted by Crippen LogP contribution is 2.29. The van der Waals surface area contributed by atoms with Crippen molar-refractivity contribution in [2.24, 2.45) is 10.2 Å². The highest BCUT2D eigenvalue weighted by Gasteiger charge is 2.18. The van der Waals surface area contributed by atoms with Gasteiger partial charge >= 0.3 is 0 Å². The second-order valence-corrected chi connectivity index (χ2v) is 5.73. The maximum absolute atomic E-state index is 12.6. The fourth-order valence-electron chi connectivity index (χ4n) is 2.30. The fourth-order valence-corrected chi connectivity index (χ4v) is 2.47. The molecular weight excluding hydrogens is 328 g/mol. The van der Waals surface area contributed by atoms with Crippen molar-refractivity contribution in [2.45, 2.75) is 33.7 Å². The van der Waals surface area contributed by atoms with Gasteiger partial charge in [-0.05, 0) is 38.0 Å². The smallest absolute Gasteiger partial charge is 0.281 e. The van der Waals surface area contributed by atoms with Gasteiger partial charge in [-0.25, -0.2) is 0 Å². The molecule has 7 heteroatoms. The second kappa shape index (κ2) is 7.28. The predicted molar refractivity (Wildman–Crippen MR) is 92.5 cm³/mol. The first kappa shape index (κ1) is 17.7. The largest absolute Gasteiger partial charge is 0.493 e. The van der Waals surface area contributed by atoms with Gasteiger partial charge in [0.15, 0.2) is 5.69 Å². The third kappa shape index (κ3) is 3.17. The Hall–Kier alpha value is -2.65. The molecule has 1 N–H and O–H groups in total. The monoisotopic (exact) mass is 344 g/mol. The highest BCUT2D eigenvalue weighted by atomic mass is 35.5. The van der Waals surface area contributed by atoms with E-state index in [1.165, 1.54) is 0 Å². The summed E-state index contributed by atoms with van der Waals surface area (Å²) in [4.78, 5) is 12.6. The molecule has 1 heterocycles. The molecule has 124 valence electrons. The summed E-state index contributed by atoms with van der Waals surface area (Å²) in [5.74, 6) is -0.334. The van der Waals surface area contributed by atoms with Crippen LogP contribution in [0.4, 0.5) is 11.4 Å². The van der Waals surface area contributed by atoms with Crippen molar-refractivity contribution in [3.8, 4) is 11.9 Å². The molecule has 0 aliphatic heterocycles. The molecule has 0 radical (unpaired) electrons. The third-order valence-electron chi connectivity index (χ3n) is 3.71. The standard InChI is InChI=1S/C17H17ClN4O2/c1-4-8-22-16(23)12(9-19)10(2)15(17(22)24)21-20-14-7-5-6-13(18)11(14)3/h5-7,23H,4,8H2,1-3H3. The minimum atomic E-state index is -0.478. The zero-order chi connectivity index (χ0) is 17.9. The molecule has 0 atom stereocenters. The molecule has 1 aromatic carbocycles. The average molecular weight is 345 g/mol. The van der Waals surface area contributed by atoms with Gasteiger partial charge in [-0.15, -0.1) is 5.11 Å². The molecule has 6 nitrogen and oxygen atoms in total. The zero-order valence-corrected chi connectivity index (χ0v) is 14.4. The lowest BCUT2D eigenvalue weighted by molar-refractivity contribution is 0.402. The van der Waals surface area contributed by atoms with E-state index in [9.17, 15) is 15.2 Å². The number of halogens is 1. The van der Waals surface area contributed by atoms with E-state index in [0.29, 0.717) is 29.2 Å². The number of hydrogen-bond donors (Lipinski definition) is 1. The molecule has 0 aliphatic carbocycles. The van der Waals surface area contributed by atoms with Gasteiger partial charge in [-0.2, -0.15) is 10.4 Å². The Kier molecular flexibility index (Phi) is 5.37. The summed E-state index contributed by atoms with van der Waals surface area (Å²) in [6.07, 6.45) is 0.630. The first-order valence-electron chi connectivity index (χ1n) is 7.45. The van der Waals surface area contributed by atoms with Crippen molar-refractivity contribution in [1.82, 2.24) is 4.57 Å². The van der Waals surface area contributed by atoms with Crippen LogP contribution in [0.1, 0.15) is 30.0 Å². The lowest BCUT2D eigenvalue weighted by Crippen LogP contribution is -2.21. The lowest BCUT2D eigenvalue weighted by Gasteiger charge is -2.12. The van der Waals surface area contributed by atoms with E-state index in [-0.39, 0.29) is 17.1 Å². The summed E-state index contributed by atoms with van der Waals surface area (Å²) in [5, 5.41) is 28.1. The lowest BCUT2D eigenvalue weighted by atomic mass is 10.1. The van der Waals surface area contributed by atoms with E-state index in [0.717, 1.165) is 10.1 Å². The van der Waals surface area contributed by atoms with Crippen molar-refractivity contribution in [3.05, 3.63) is 50.3 Å². The van der Waals surface area contributed by atoms with Crippen molar-refractivity contribution >= 4 is 23.0 Å². The van der Waals surface area contributed by atoms with Gasteiger partial charge in [0, 0.05) is 17.1 Å². The Labute approximate surface area is 144 Å². The normalized spacial score (nSPS) is 11.0. The minimum Gasteiger partial charge on any atom is -0.493 e. The Balaban J connectivity index is 2.64. The molecule has 2 aromatic rings. The molecule has 0 aliphatic rings. The number of benzene rings is 1. The maximum atomic E-state index is 12.6. The molecule has 0 spiro atoms. The number of aromatic nitrogens is 1. The first-order valence-corrected chi connectivity index (χ1v) is 7.83. The summed E-state index contributed by atoms with van der Waals surface area (Å²) in [7, 11) is 0. The van der Waals surface area contributed by atoms with E-state index >= 15 is 0 Å². The molecule has 0 saturated heterocycles. The SMILES string of the molecule is CCCn1c(O)c(C#N)c(C)c(N=Nc2cccc(Cl)c2C)c1=O. The van der Waals surface area contributed by atoms with Gasteiger partial charge < -0.3 is 5.11 Å². The Morgan fingerprint density at radius 1 is 1.29 bits per heavy atom. The van der Waals surface area contributed by atoms with E-state index in [1.807, 2.05) is 13.0 Å². The van der Waals surface area contributed by atoms with Crippen LogP contribution in [0.2, 0.25) is 5.02 Å². The molecule has 0 unspecified atom stereocenters. The van der Waals surface area contributed by atoms with Crippen LogP contribution in [0.15, 0.2) is 33.2 Å². The summed E-state index contributed by atoms with van der Waals surface area (Å²) >= 11 is 6.05. The van der Waals surface area contributed by atoms with Gasteiger partial charge in [-0.3, -0.25) is 9.36 Å². The summed E-state index contributed by atoms with van der Waals surface area (Å²) in [5.41, 5.74) is 1.17. The Bertz CT molecular complexity index is 910. The van der Waals surface area contributed by atoms with Crippen LogP contribution >= 0.6 is 11.6 Å². The molecule has 24 heavy (non-hydrogen) atoms. The Morgan fingerprint density at radius 3 is 2.62 bits per heavy atom. The maximum Gasteiger partial charge on any atom is 0.281 e. The van der Waals surface area contributed by atoms with Crippen LogP contribution < -0.4 is 5.56 Å².